The molecule has 7 heteroatoms. The third kappa shape index (κ3) is 3.66. The summed E-state index contributed by atoms with van der Waals surface area (Å²) in [4.78, 5) is 2.41. The summed E-state index contributed by atoms with van der Waals surface area (Å²) in [5, 5.41) is 0. The molecular formula is C14H23N3O3S. The minimum atomic E-state index is -3.56. The van der Waals surface area contributed by atoms with Gasteiger partial charge in [-0.15, -0.1) is 0 Å². The zero-order valence-corrected chi connectivity index (χ0v) is 13.4. The van der Waals surface area contributed by atoms with Gasteiger partial charge >= 0.3 is 0 Å². The second-order valence-corrected chi connectivity index (χ2v) is 7.29. The number of anilines is 1. The Morgan fingerprint density at radius 3 is 2.57 bits per heavy atom. The van der Waals surface area contributed by atoms with Crippen molar-refractivity contribution in [2.75, 3.05) is 46.1 Å². The maximum Gasteiger partial charge on any atom is 0.244 e. The summed E-state index contributed by atoms with van der Waals surface area (Å²) in [5.41, 5.74) is 6.05. The molecule has 0 saturated carbocycles. The van der Waals surface area contributed by atoms with Crippen LogP contribution in [0, 0.1) is 0 Å². The highest BCUT2D eigenvalue weighted by Crippen LogP contribution is 2.25. The smallest absolute Gasteiger partial charge is 0.244 e. The number of methoxy groups -OCH3 is 1. The molecule has 2 rings (SSSR count). The molecule has 21 heavy (non-hydrogen) atoms. The van der Waals surface area contributed by atoms with Crippen LogP contribution in [0.4, 0.5) is 5.69 Å². The van der Waals surface area contributed by atoms with Gasteiger partial charge in [-0.25, -0.2) is 8.42 Å². The molecule has 0 amide bonds. The first kappa shape index (κ1) is 16.1. The van der Waals surface area contributed by atoms with Crippen molar-refractivity contribution in [3.05, 3.63) is 18.2 Å². The monoisotopic (exact) mass is 313 g/mol. The Balaban J connectivity index is 2.09. The third-order valence-electron chi connectivity index (χ3n) is 3.83. The zero-order chi connectivity index (χ0) is 15.5. The molecule has 0 radical (unpaired) electrons. The van der Waals surface area contributed by atoms with Gasteiger partial charge in [0.05, 0.1) is 12.8 Å². The van der Waals surface area contributed by atoms with E-state index in [0.29, 0.717) is 12.3 Å². The number of ether oxygens (including phenoxy) is 1. The van der Waals surface area contributed by atoms with E-state index in [4.69, 9.17) is 10.5 Å². The molecule has 118 valence electrons. The van der Waals surface area contributed by atoms with Crippen molar-refractivity contribution >= 4 is 15.7 Å². The van der Waals surface area contributed by atoms with Crippen molar-refractivity contribution in [2.45, 2.75) is 17.7 Å². The molecule has 1 heterocycles. The van der Waals surface area contributed by atoms with Crippen LogP contribution in [0.3, 0.4) is 0 Å². The van der Waals surface area contributed by atoms with E-state index in [1.165, 1.54) is 36.4 Å². The van der Waals surface area contributed by atoms with E-state index in [9.17, 15) is 8.42 Å². The lowest BCUT2D eigenvalue weighted by Gasteiger charge is -2.22. The van der Waals surface area contributed by atoms with Crippen molar-refractivity contribution in [3.8, 4) is 5.75 Å². The third-order valence-corrected chi connectivity index (χ3v) is 5.77. The molecule has 0 aliphatic carbocycles. The molecule has 0 atom stereocenters. The van der Waals surface area contributed by atoms with Crippen LogP contribution in [0.5, 0.6) is 5.75 Å². The number of nitrogen functional groups attached to an aromatic ring is 1. The first-order chi connectivity index (χ1) is 9.95. The maximum atomic E-state index is 12.5. The summed E-state index contributed by atoms with van der Waals surface area (Å²) in [7, 11) is -0.449. The van der Waals surface area contributed by atoms with Gasteiger partial charge in [-0.3, -0.25) is 0 Å². The SMILES string of the molecule is COc1ccc(S(=O)(=O)N(C)CCN2CCCC2)c(N)c1. The van der Waals surface area contributed by atoms with E-state index in [2.05, 4.69) is 4.90 Å². The Morgan fingerprint density at radius 2 is 2.00 bits per heavy atom. The molecule has 1 saturated heterocycles. The van der Waals surface area contributed by atoms with Gasteiger partial charge in [-0.05, 0) is 38.1 Å². The number of nitrogens with two attached hydrogens (primary N) is 1. The van der Waals surface area contributed by atoms with Gasteiger partial charge < -0.3 is 15.4 Å². The second-order valence-electron chi connectivity index (χ2n) is 5.28. The second kappa shape index (κ2) is 6.64. The van der Waals surface area contributed by atoms with E-state index in [1.807, 2.05) is 0 Å². The topological polar surface area (TPSA) is 75.9 Å². The number of hydrogen-bond donors (Lipinski definition) is 1. The number of nitrogens with zero attached hydrogens (tertiary/aromatic N) is 2. The molecule has 2 N–H and O–H groups in total. The predicted octanol–water partition coefficient (Wildman–Crippen LogP) is 0.994. The van der Waals surface area contributed by atoms with Crippen LogP contribution in [0.15, 0.2) is 23.1 Å². The van der Waals surface area contributed by atoms with Crippen LogP contribution in [-0.2, 0) is 10.0 Å². The van der Waals surface area contributed by atoms with Gasteiger partial charge in [0.15, 0.2) is 0 Å². The normalized spacial score (nSPS) is 16.5. The standard InChI is InChI=1S/C14H23N3O3S/c1-16(9-10-17-7-3-4-8-17)21(18,19)14-6-5-12(20-2)11-13(14)15/h5-6,11H,3-4,7-10,15H2,1-2H3. The number of benzene rings is 1. The minimum Gasteiger partial charge on any atom is -0.497 e. The Labute approximate surface area is 126 Å². The van der Waals surface area contributed by atoms with Crippen LogP contribution in [0.2, 0.25) is 0 Å². The molecule has 1 aliphatic heterocycles. The minimum absolute atomic E-state index is 0.132. The highest BCUT2D eigenvalue weighted by molar-refractivity contribution is 7.89. The molecule has 1 aromatic rings. The Hall–Kier alpha value is -1.31. The average Bonchev–Trinajstić information content (AvgIpc) is 2.97. The molecule has 0 bridgehead atoms. The van der Waals surface area contributed by atoms with Crippen LogP contribution in [0.1, 0.15) is 12.8 Å². The van der Waals surface area contributed by atoms with Gasteiger partial charge in [0.2, 0.25) is 10.0 Å². The molecule has 0 aromatic heterocycles. The Kier molecular flexibility index (Phi) is 5.08. The van der Waals surface area contributed by atoms with Crippen LogP contribution in [-0.4, -0.2) is 58.0 Å². The molecule has 0 unspecified atom stereocenters. The first-order valence-corrected chi connectivity index (χ1v) is 8.51. The zero-order valence-electron chi connectivity index (χ0n) is 12.6. The highest BCUT2D eigenvalue weighted by atomic mass is 32.2. The van der Waals surface area contributed by atoms with E-state index in [-0.39, 0.29) is 10.6 Å². The molecule has 6 nitrogen and oxygen atoms in total. The van der Waals surface area contributed by atoms with Crippen molar-refractivity contribution in [1.82, 2.24) is 9.21 Å². The fourth-order valence-electron chi connectivity index (χ4n) is 2.46. The van der Waals surface area contributed by atoms with E-state index in [0.717, 1.165) is 19.6 Å². The summed E-state index contributed by atoms with van der Waals surface area (Å²) in [5.74, 6) is 0.547. The first-order valence-electron chi connectivity index (χ1n) is 7.07. The fraction of sp³-hybridized carbons (Fsp3) is 0.571. The molecular weight excluding hydrogens is 290 g/mol. The predicted molar refractivity (Wildman–Crippen MR) is 82.9 cm³/mol. The molecule has 1 aliphatic rings. The van der Waals surface area contributed by atoms with Crippen molar-refractivity contribution in [3.63, 3.8) is 0 Å². The number of likely N-dealkylation sites (tertiary alicyclic amines) is 1. The molecule has 1 aromatic carbocycles. The lowest BCUT2D eigenvalue weighted by Crippen LogP contribution is -2.35. The summed E-state index contributed by atoms with van der Waals surface area (Å²) in [6.45, 7) is 3.33. The summed E-state index contributed by atoms with van der Waals surface area (Å²) < 4.78 is 31.5. The molecule has 0 spiro atoms. The van der Waals surface area contributed by atoms with Gasteiger partial charge in [0.25, 0.3) is 0 Å². The number of sulfonamides is 1. The van der Waals surface area contributed by atoms with E-state index >= 15 is 0 Å². The van der Waals surface area contributed by atoms with Crippen molar-refractivity contribution in [1.29, 1.82) is 0 Å². The van der Waals surface area contributed by atoms with Crippen molar-refractivity contribution in [2.24, 2.45) is 0 Å². The summed E-state index contributed by atoms with van der Waals surface area (Å²) in [6, 6.07) is 4.63. The van der Waals surface area contributed by atoms with Crippen LogP contribution >= 0.6 is 0 Å². The average molecular weight is 313 g/mol. The Bertz CT molecular complexity index is 583. The van der Waals surface area contributed by atoms with Crippen LogP contribution < -0.4 is 10.5 Å². The summed E-state index contributed by atoms with van der Waals surface area (Å²) in [6.07, 6.45) is 2.39. The summed E-state index contributed by atoms with van der Waals surface area (Å²) >= 11 is 0. The van der Waals surface area contributed by atoms with Gasteiger partial charge in [0.1, 0.15) is 10.6 Å². The quantitative estimate of drug-likeness (QED) is 0.793. The van der Waals surface area contributed by atoms with Gasteiger partial charge in [-0.1, -0.05) is 0 Å². The maximum absolute atomic E-state index is 12.5. The number of hydrogen-bond acceptors (Lipinski definition) is 5. The van der Waals surface area contributed by atoms with Gasteiger partial charge in [0, 0.05) is 26.2 Å². The number of rotatable bonds is 6. The molecule has 1 fully saturated rings. The number of likely N-dealkylation sites (N-methyl/N-ethyl adjacent to an activating group) is 1. The van der Waals surface area contributed by atoms with E-state index < -0.39 is 10.0 Å². The Morgan fingerprint density at radius 1 is 1.33 bits per heavy atom. The fourth-order valence-corrected chi connectivity index (χ4v) is 3.72. The van der Waals surface area contributed by atoms with Crippen LogP contribution in [0.25, 0.3) is 0 Å². The lowest BCUT2D eigenvalue weighted by molar-refractivity contribution is 0.310. The largest absolute Gasteiger partial charge is 0.497 e. The lowest BCUT2D eigenvalue weighted by atomic mass is 10.3. The highest BCUT2D eigenvalue weighted by Gasteiger charge is 2.24. The van der Waals surface area contributed by atoms with Gasteiger partial charge in [-0.2, -0.15) is 4.31 Å². The van der Waals surface area contributed by atoms with Crippen molar-refractivity contribution < 1.29 is 13.2 Å². The van der Waals surface area contributed by atoms with E-state index in [1.54, 1.807) is 13.1 Å².